The van der Waals surface area contributed by atoms with Gasteiger partial charge in [0, 0.05) is 12.6 Å². The molecular weight excluding hydrogens is 356 g/mol. The van der Waals surface area contributed by atoms with E-state index in [9.17, 15) is 9.59 Å². The van der Waals surface area contributed by atoms with E-state index in [1.807, 2.05) is 42.5 Å². The molecule has 28 heavy (non-hydrogen) atoms. The Kier molecular flexibility index (Phi) is 6.22. The van der Waals surface area contributed by atoms with Gasteiger partial charge in [0.15, 0.2) is 0 Å². The lowest BCUT2D eigenvalue weighted by atomic mass is 10.2. The number of hydrogen-bond donors (Lipinski definition) is 0. The molecule has 6 nitrogen and oxygen atoms in total. The fraction of sp³-hybridized carbons (Fsp3) is 0.227. The summed E-state index contributed by atoms with van der Waals surface area (Å²) in [5.41, 5.74) is 1.49. The van der Waals surface area contributed by atoms with Gasteiger partial charge in [0.2, 0.25) is 0 Å². The molecule has 3 rings (SSSR count). The monoisotopic (exact) mass is 378 g/mol. The fourth-order valence-electron chi connectivity index (χ4n) is 2.87. The number of hydrogen-bond acceptors (Lipinski definition) is 5. The van der Waals surface area contributed by atoms with E-state index < -0.39 is 5.97 Å². The van der Waals surface area contributed by atoms with Crippen molar-refractivity contribution in [2.45, 2.75) is 19.9 Å². The molecule has 0 saturated heterocycles. The van der Waals surface area contributed by atoms with Crippen LogP contribution in [0.25, 0.3) is 17.0 Å². The van der Waals surface area contributed by atoms with Crippen LogP contribution < -0.4 is 10.3 Å². The van der Waals surface area contributed by atoms with Gasteiger partial charge >= 0.3 is 5.97 Å². The Morgan fingerprint density at radius 1 is 1.14 bits per heavy atom. The third-order valence-corrected chi connectivity index (χ3v) is 4.35. The highest BCUT2D eigenvalue weighted by molar-refractivity contribution is 5.87. The van der Waals surface area contributed by atoms with Gasteiger partial charge in [-0.05, 0) is 49.2 Å². The lowest BCUT2D eigenvalue weighted by Gasteiger charge is -2.10. The van der Waals surface area contributed by atoms with Crippen LogP contribution in [0.15, 0.2) is 59.4 Å². The van der Waals surface area contributed by atoms with Crippen molar-refractivity contribution in [3.63, 3.8) is 0 Å². The van der Waals surface area contributed by atoms with Crippen LogP contribution in [0.1, 0.15) is 17.8 Å². The summed E-state index contributed by atoms with van der Waals surface area (Å²) in [6.07, 6.45) is 3.60. The highest BCUT2D eigenvalue weighted by Crippen LogP contribution is 2.12. The zero-order valence-corrected chi connectivity index (χ0v) is 15.9. The number of carbonyl (C=O) groups is 1. The second kappa shape index (κ2) is 8.99. The molecule has 0 spiro atoms. The van der Waals surface area contributed by atoms with E-state index in [4.69, 9.17) is 9.47 Å². The van der Waals surface area contributed by atoms with E-state index in [0.29, 0.717) is 29.7 Å². The molecule has 0 radical (unpaired) electrons. The van der Waals surface area contributed by atoms with Gasteiger partial charge < -0.3 is 9.47 Å². The maximum atomic E-state index is 12.6. The van der Waals surface area contributed by atoms with Crippen LogP contribution in [0, 0.1) is 6.92 Å². The molecule has 144 valence electrons. The van der Waals surface area contributed by atoms with Gasteiger partial charge in [-0.25, -0.2) is 9.78 Å². The fourth-order valence-corrected chi connectivity index (χ4v) is 2.87. The molecular formula is C22H22N2O4. The minimum atomic E-state index is -0.420. The number of carbonyl (C=O) groups excluding carboxylic acids is 1. The SMILES string of the molecule is COc1ccc(/C=C/C(=O)OCCCn2c(C)nc3ccccc3c2=O)cc1. The third kappa shape index (κ3) is 4.65. The number of methoxy groups -OCH3 is 1. The summed E-state index contributed by atoms with van der Waals surface area (Å²) in [6.45, 7) is 2.47. The second-order valence-corrected chi connectivity index (χ2v) is 6.26. The molecule has 3 aromatic rings. The average Bonchev–Trinajstić information content (AvgIpc) is 2.72. The number of aryl methyl sites for hydroxylation is 1. The van der Waals surface area contributed by atoms with Gasteiger partial charge in [0.1, 0.15) is 11.6 Å². The third-order valence-electron chi connectivity index (χ3n) is 4.35. The summed E-state index contributed by atoms with van der Waals surface area (Å²) in [5, 5.41) is 0.590. The van der Waals surface area contributed by atoms with Gasteiger partial charge in [-0.3, -0.25) is 9.36 Å². The molecule has 0 unspecified atom stereocenters. The first-order valence-electron chi connectivity index (χ1n) is 9.03. The number of esters is 1. The van der Waals surface area contributed by atoms with Crippen LogP contribution in [0.3, 0.4) is 0 Å². The van der Waals surface area contributed by atoms with Crippen LogP contribution >= 0.6 is 0 Å². The number of aromatic nitrogens is 2. The van der Waals surface area contributed by atoms with E-state index in [1.165, 1.54) is 6.08 Å². The average molecular weight is 378 g/mol. The van der Waals surface area contributed by atoms with Gasteiger partial charge in [0.05, 0.1) is 24.6 Å². The zero-order valence-electron chi connectivity index (χ0n) is 15.9. The molecule has 2 aromatic carbocycles. The van der Waals surface area contributed by atoms with Crippen molar-refractivity contribution < 1.29 is 14.3 Å². The summed E-state index contributed by atoms with van der Waals surface area (Å²) < 4.78 is 11.9. The molecule has 0 saturated carbocycles. The second-order valence-electron chi connectivity index (χ2n) is 6.26. The molecule has 0 N–H and O–H groups in total. The predicted octanol–water partition coefficient (Wildman–Crippen LogP) is 3.36. The van der Waals surface area contributed by atoms with Crippen molar-refractivity contribution in [1.82, 2.24) is 9.55 Å². The van der Waals surface area contributed by atoms with E-state index in [0.717, 1.165) is 11.3 Å². The number of fused-ring (bicyclic) bond motifs is 1. The van der Waals surface area contributed by atoms with Crippen molar-refractivity contribution in [3.8, 4) is 5.75 Å². The van der Waals surface area contributed by atoms with Gasteiger partial charge in [-0.15, -0.1) is 0 Å². The highest BCUT2D eigenvalue weighted by Gasteiger charge is 2.07. The quantitative estimate of drug-likeness (QED) is 0.358. The summed E-state index contributed by atoms with van der Waals surface area (Å²) in [6, 6.07) is 14.6. The van der Waals surface area contributed by atoms with Crippen molar-refractivity contribution in [3.05, 3.63) is 76.3 Å². The molecule has 0 amide bonds. The number of ether oxygens (including phenoxy) is 2. The Hall–Kier alpha value is -3.41. The number of benzene rings is 2. The molecule has 0 bridgehead atoms. The first-order chi connectivity index (χ1) is 13.6. The first kappa shape index (κ1) is 19.4. The molecule has 0 aliphatic rings. The number of para-hydroxylation sites is 1. The summed E-state index contributed by atoms with van der Waals surface area (Å²) in [7, 11) is 1.60. The molecule has 0 aliphatic carbocycles. The summed E-state index contributed by atoms with van der Waals surface area (Å²) >= 11 is 0. The minimum absolute atomic E-state index is 0.0752. The summed E-state index contributed by atoms with van der Waals surface area (Å²) in [5.74, 6) is 0.986. The molecule has 1 heterocycles. The Morgan fingerprint density at radius 3 is 2.64 bits per heavy atom. The van der Waals surface area contributed by atoms with Gasteiger partial charge in [-0.1, -0.05) is 24.3 Å². The van der Waals surface area contributed by atoms with E-state index in [-0.39, 0.29) is 12.2 Å². The Bertz CT molecular complexity index is 1050. The van der Waals surface area contributed by atoms with E-state index in [1.54, 1.807) is 30.7 Å². The first-order valence-corrected chi connectivity index (χ1v) is 9.03. The largest absolute Gasteiger partial charge is 0.497 e. The summed E-state index contributed by atoms with van der Waals surface area (Å²) in [4.78, 5) is 28.9. The van der Waals surface area contributed by atoms with Crippen LogP contribution in [-0.4, -0.2) is 29.2 Å². The molecule has 1 aromatic heterocycles. The topological polar surface area (TPSA) is 70.4 Å². The smallest absolute Gasteiger partial charge is 0.330 e. The maximum Gasteiger partial charge on any atom is 0.330 e. The van der Waals surface area contributed by atoms with E-state index in [2.05, 4.69) is 4.98 Å². The highest BCUT2D eigenvalue weighted by atomic mass is 16.5. The van der Waals surface area contributed by atoms with E-state index >= 15 is 0 Å². The van der Waals surface area contributed by atoms with Crippen molar-refractivity contribution in [1.29, 1.82) is 0 Å². The normalized spacial score (nSPS) is 11.1. The Morgan fingerprint density at radius 2 is 1.89 bits per heavy atom. The zero-order chi connectivity index (χ0) is 19.9. The Balaban J connectivity index is 1.53. The van der Waals surface area contributed by atoms with Crippen LogP contribution in [0.2, 0.25) is 0 Å². The van der Waals surface area contributed by atoms with Crippen molar-refractivity contribution >= 4 is 22.9 Å². The Labute approximate surface area is 163 Å². The minimum Gasteiger partial charge on any atom is -0.497 e. The molecule has 0 atom stereocenters. The predicted molar refractivity (Wildman–Crippen MR) is 108 cm³/mol. The standard InChI is InChI=1S/C22H22N2O4/c1-16-23-20-7-4-3-6-19(20)22(26)24(16)14-5-15-28-21(25)13-10-17-8-11-18(27-2)12-9-17/h3-4,6-13H,5,14-15H2,1-2H3/b13-10+. The molecule has 0 fully saturated rings. The molecule has 6 heteroatoms. The lowest BCUT2D eigenvalue weighted by molar-refractivity contribution is -0.137. The number of rotatable bonds is 7. The lowest BCUT2D eigenvalue weighted by Crippen LogP contribution is -2.24. The van der Waals surface area contributed by atoms with Crippen LogP contribution in [-0.2, 0) is 16.1 Å². The van der Waals surface area contributed by atoms with Gasteiger partial charge in [-0.2, -0.15) is 0 Å². The number of nitrogens with zero attached hydrogens (tertiary/aromatic N) is 2. The van der Waals surface area contributed by atoms with Crippen molar-refractivity contribution in [2.75, 3.05) is 13.7 Å². The maximum absolute atomic E-state index is 12.6. The molecule has 0 aliphatic heterocycles. The van der Waals surface area contributed by atoms with Crippen LogP contribution in [0.4, 0.5) is 0 Å². The van der Waals surface area contributed by atoms with Crippen LogP contribution in [0.5, 0.6) is 5.75 Å². The van der Waals surface area contributed by atoms with Crippen molar-refractivity contribution in [2.24, 2.45) is 0 Å². The van der Waals surface area contributed by atoms with Gasteiger partial charge in [0.25, 0.3) is 5.56 Å².